The van der Waals surface area contributed by atoms with Gasteiger partial charge in [0.2, 0.25) is 11.8 Å². The van der Waals surface area contributed by atoms with E-state index in [0.717, 1.165) is 5.56 Å². The summed E-state index contributed by atoms with van der Waals surface area (Å²) in [7, 11) is 0. The number of nitrogens with one attached hydrogen (secondary N) is 1. The van der Waals surface area contributed by atoms with E-state index in [0.29, 0.717) is 5.56 Å². The highest BCUT2D eigenvalue weighted by Gasteiger charge is 2.12. The molecule has 0 aliphatic heterocycles. The van der Waals surface area contributed by atoms with Crippen molar-refractivity contribution in [2.45, 2.75) is 6.92 Å². The van der Waals surface area contributed by atoms with Crippen molar-refractivity contribution >= 4 is 23.4 Å². The molecular weight excluding hydrogens is 282 g/mol. The Balaban J connectivity index is 2.34. The van der Waals surface area contributed by atoms with Crippen LogP contribution in [0.4, 0.5) is 5.69 Å². The number of amides is 3. The minimum Gasteiger partial charge on any atom is -0.366 e. The molecule has 0 radical (unpaired) electrons. The SMILES string of the molecule is Cc1cccc(C(=O)Nc2cc(C(N)=O)cc(C(N)=O)c2)c1. The van der Waals surface area contributed by atoms with Crippen LogP contribution in [-0.4, -0.2) is 17.7 Å². The van der Waals surface area contributed by atoms with Gasteiger partial charge < -0.3 is 16.8 Å². The van der Waals surface area contributed by atoms with Gasteiger partial charge in [0.1, 0.15) is 0 Å². The molecule has 0 aromatic heterocycles. The summed E-state index contributed by atoms with van der Waals surface area (Å²) in [6, 6.07) is 11.1. The topological polar surface area (TPSA) is 115 Å². The molecule has 0 aliphatic carbocycles. The van der Waals surface area contributed by atoms with Crippen molar-refractivity contribution in [1.82, 2.24) is 0 Å². The number of nitrogens with two attached hydrogens (primary N) is 2. The summed E-state index contributed by atoms with van der Waals surface area (Å²) in [5.74, 6) is -1.79. The molecule has 2 rings (SSSR count). The van der Waals surface area contributed by atoms with Crippen LogP contribution in [0.1, 0.15) is 36.6 Å². The van der Waals surface area contributed by atoms with Crippen LogP contribution in [0, 0.1) is 6.92 Å². The molecule has 112 valence electrons. The lowest BCUT2D eigenvalue weighted by Gasteiger charge is -2.09. The third-order valence-electron chi connectivity index (χ3n) is 3.04. The Hall–Kier alpha value is -3.15. The molecule has 0 saturated heterocycles. The quantitative estimate of drug-likeness (QED) is 0.793. The zero-order valence-electron chi connectivity index (χ0n) is 11.9. The van der Waals surface area contributed by atoms with Crippen LogP contribution in [0.5, 0.6) is 0 Å². The Morgan fingerprint density at radius 2 is 1.45 bits per heavy atom. The molecule has 6 heteroatoms. The van der Waals surface area contributed by atoms with Crippen molar-refractivity contribution < 1.29 is 14.4 Å². The summed E-state index contributed by atoms with van der Waals surface area (Å²) in [4.78, 5) is 34.8. The van der Waals surface area contributed by atoms with Gasteiger partial charge in [0.25, 0.3) is 5.91 Å². The molecule has 2 aromatic rings. The molecule has 0 heterocycles. The third kappa shape index (κ3) is 3.49. The number of rotatable bonds is 4. The Morgan fingerprint density at radius 1 is 0.864 bits per heavy atom. The number of hydrogen-bond acceptors (Lipinski definition) is 3. The van der Waals surface area contributed by atoms with Gasteiger partial charge in [0, 0.05) is 22.4 Å². The van der Waals surface area contributed by atoms with Gasteiger partial charge in [-0.2, -0.15) is 0 Å². The lowest BCUT2D eigenvalue weighted by molar-refractivity contribution is 0.0994. The van der Waals surface area contributed by atoms with Crippen LogP contribution in [0.3, 0.4) is 0 Å². The number of aryl methyl sites for hydroxylation is 1. The van der Waals surface area contributed by atoms with Gasteiger partial charge >= 0.3 is 0 Å². The number of hydrogen-bond donors (Lipinski definition) is 3. The molecular formula is C16H15N3O3. The summed E-state index contributed by atoms with van der Waals surface area (Å²) in [6.07, 6.45) is 0. The van der Waals surface area contributed by atoms with Gasteiger partial charge in [-0.3, -0.25) is 14.4 Å². The van der Waals surface area contributed by atoms with Crippen LogP contribution in [0.15, 0.2) is 42.5 Å². The van der Waals surface area contributed by atoms with Gasteiger partial charge in [0.15, 0.2) is 0 Å². The minimum absolute atomic E-state index is 0.0934. The first-order valence-corrected chi connectivity index (χ1v) is 6.49. The molecule has 0 unspecified atom stereocenters. The van der Waals surface area contributed by atoms with Gasteiger partial charge in [0.05, 0.1) is 0 Å². The van der Waals surface area contributed by atoms with E-state index in [4.69, 9.17) is 11.5 Å². The van der Waals surface area contributed by atoms with Crippen LogP contribution in [0.2, 0.25) is 0 Å². The molecule has 0 atom stereocenters. The summed E-state index contributed by atoms with van der Waals surface area (Å²) in [5.41, 5.74) is 12.3. The first-order valence-electron chi connectivity index (χ1n) is 6.49. The normalized spacial score (nSPS) is 10.0. The van der Waals surface area contributed by atoms with E-state index in [2.05, 4.69) is 5.32 Å². The van der Waals surface area contributed by atoms with Crippen molar-refractivity contribution in [1.29, 1.82) is 0 Å². The first-order chi connectivity index (χ1) is 10.4. The fourth-order valence-electron chi connectivity index (χ4n) is 1.97. The Morgan fingerprint density at radius 3 is 1.95 bits per heavy atom. The second-order valence-corrected chi connectivity index (χ2v) is 4.85. The number of carbonyl (C=O) groups is 3. The molecule has 0 bridgehead atoms. The molecule has 0 saturated carbocycles. The molecule has 0 spiro atoms. The highest BCUT2D eigenvalue weighted by atomic mass is 16.2. The average molecular weight is 297 g/mol. The van der Waals surface area contributed by atoms with Gasteiger partial charge in [-0.05, 0) is 37.3 Å². The lowest BCUT2D eigenvalue weighted by atomic mass is 10.1. The highest BCUT2D eigenvalue weighted by molar-refractivity contribution is 6.06. The lowest BCUT2D eigenvalue weighted by Crippen LogP contribution is -2.18. The largest absolute Gasteiger partial charge is 0.366 e. The van der Waals surface area contributed by atoms with Crippen molar-refractivity contribution in [3.05, 3.63) is 64.7 Å². The summed E-state index contributed by atoms with van der Waals surface area (Å²) in [5, 5.41) is 2.62. The zero-order chi connectivity index (χ0) is 16.3. The molecule has 3 amide bonds. The van der Waals surface area contributed by atoms with E-state index in [1.54, 1.807) is 18.2 Å². The molecule has 5 N–H and O–H groups in total. The van der Waals surface area contributed by atoms with E-state index in [1.807, 2.05) is 13.0 Å². The average Bonchev–Trinajstić information content (AvgIpc) is 2.46. The zero-order valence-corrected chi connectivity index (χ0v) is 11.9. The Bertz CT molecular complexity index is 737. The van der Waals surface area contributed by atoms with Crippen LogP contribution < -0.4 is 16.8 Å². The van der Waals surface area contributed by atoms with Crippen molar-refractivity contribution in [2.75, 3.05) is 5.32 Å². The fourth-order valence-corrected chi connectivity index (χ4v) is 1.97. The monoisotopic (exact) mass is 297 g/mol. The van der Waals surface area contributed by atoms with Crippen LogP contribution in [-0.2, 0) is 0 Å². The second-order valence-electron chi connectivity index (χ2n) is 4.85. The molecule has 2 aromatic carbocycles. The van der Waals surface area contributed by atoms with E-state index in [1.165, 1.54) is 18.2 Å². The van der Waals surface area contributed by atoms with E-state index in [9.17, 15) is 14.4 Å². The number of carbonyl (C=O) groups excluding carboxylic acids is 3. The van der Waals surface area contributed by atoms with E-state index >= 15 is 0 Å². The standard InChI is InChI=1S/C16H15N3O3/c1-9-3-2-4-10(5-9)16(22)19-13-7-11(14(17)20)6-12(8-13)15(18)21/h2-8H,1H3,(H2,17,20)(H2,18,21)(H,19,22). The van der Waals surface area contributed by atoms with Crippen molar-refractivity contribution in [3.8, 4) is 0 Å². The van der Waals surface area contributed by atoms with E-state index < -0.39 is 11.8 Å². The fraction of sp³-hybridized carbons (Fsp3) is 0.0625. The highest BCUT2D eigenvalue weighted by Crippen LogP contribution is 2.16. The number of primary amides is 2. The van der Waals surface area contributed by atoms with Crippen LogP contribution in [0.25, 0.3) is 0 Å². The number of benzene rings is 2. The Kier molecular flexibility index (Phi) is 4.22. The molecule has 6 nitrogen and oxygen atoms in total. The molecule has 0 aliphatic rings. The third-order valence-corrected chi connectivity index (χ3v) is 3.04. The predicted molar refractivity (Wildman–Crippen MR) is 82.6 cm³/mol. The van der Waals surface area contributed by atoms with E-state index in [-0.39, 0.29) is 22.7 Å². The summed E-state index contributed by atoms with van der Waals surface area (Å²) >= 11 is 0. The summed E-state index contributed by atoms with van der Waals surface area (Å²) < 4.78 is 0. The maximum atomic E-state index is 12.2. The maximum absolute atomic E-state index is 12.2. The smallest absolute Gasteiger partial charge is 0.255 e. The van der Waals surface area contributed by atoms with Crippen molar-refractivity contribution in [2.24, 2.45) is 11.5 Å². The maximum Gasteiger partial charge on any atom is 0.255 e. The first kappa shape index (κ1) is 15.2. The second kappa shape index (κ2) is 6.09. The summed E-state index contributed by atoms with van der Waals surface area (Å²) in [6.45, 7) is 1.87. The van der Waals surface area contributed by atoms with Crippen molar-refractivity contribution in [3.63, 3.8) is 0 Å². The Labute approximate surface area is 127 Å². The van der Waals surface area contributed by atoms with Gasteiger partial charge in [-0.15, -0.1) is 0 Å². The molecule has 22 heavy (non-hydrogen) atoms. The van der Waals surface area contributed by atoms with Gasteiger partial charge in [-0.25, -0.2) is 0 Å². The number of anilines is 1. The van der Waals surface area contributed by atoms with Crippen LogP contribution >= 0.6 is 0 Å². The minimum atomic E-state index is -0.714. The van der Waals surface area contributed by atoms with Gasteiger partial charge in [-0.1, -0.05) is 17.7 Å². The molecule has 0 fully saturated rings. The predicted octanol–water partition coefficient (Wildman–Crippen LogP) is 1.45.